The van der Waals surface area contributed by atoms with Gasteiger partial charge in [0.15, 0.2) is 5.57 Å². The number of nitrogens with one attached hydrogen (secondary N) is 2. The molecule has 0 saturated heterocycles. The second-order valence-electron chi connectivity index (χ2n) is 8.91. The number of likely N-dealkylation sites (N-methyl/N-ethyl adjacent to an activating group) is 2. The zero-order valence-electron chi connectivity index (χ0n) is 22.0. The first-order chi connectivity index (χ1) is 17.6. The normalized spacial score (nSPS) is 12.2. The summed E-state index contributed by atoms with van der Waals surface area (Å²) in [6, 6.07) is 9.18. The van der Waals surface area contributed by atoms with Crippen molar-refractivity contribution in [2.24, 2.45) is 5.92 Å². The number of thiazole rings is 1. The predicted octanol–water partition coefficient (Wildman–Crippen LogP) is 1.14. The van der Waals surface area contributed by atoms with Crippen molar-refractivity contribution in [3.05, 3.63) is 43.8 Å². The molecule has 196 valence electrons. The Hall–Kier alpha value is -3.86. The van der Waals surface area contributed by atoms with E-state index in [0.717, 1.165) is 24.3 Å². The average Bonchev–Trinajstić information content (AvgIpc) is 3.19. The second-order valence-corrected chi connectivity index (χ2v) is 9.94. The summed E-state index contributed by atoms with van der Waals surface area (Å²) >= 11 is 1.04. The standard InChI is InChI=1S/C27H34N6O3S/c1-7-13-29-25(35)22(16-28)27-33(8-2)26(36)23(37-27)17-30-20-10-9-11-21(15-20)32(6)24(34)18-31(5)14-12-19(3)4/h1,9-11,15,17,19,30H,8,12-14,18H2,2-6H3,(H,29,35). The van der Waals surface area contributed by atoms with Gasteiger partial charge in [0, 0.05) is 31.2 Å². The zero-order valence-corrected chi connectivity index (χ0v) is 22.8. The summed E-state index contributed by atoms with van der Waals surface area (Å²) in [7, 11) is 3.67. The molecule has 0 spiro atoms. The maximum atomic E-state index is 12.9. The van der Waals surface area contributed by atoms with Gasteiger partial charge in [0.25, 0.3) is 11.5 Å². The Morgan fingerprint density at radius 3 is 2.65 bits per heavy atom. The number of anilines is 2. The lowest BCUT2D eigenvalue weighted by molar-refractivity contribution is -0.119. The molecule has 0 saturated carbocycles. The zero-order chi connectivity index (χ0) is 27.5. The summed E-state index contributed by atoms with van der Waals surface area (Å²) in [4.78, 5) is 41.7. The van der Waals surface area contributed by atoms with E-state index in [4.69, 9.17) is 6.42 Å². The first-order valence-electron chi connectivity index (χ1n) is 12.0. The van der Waals surface area contributed by atoms with Gasteiger partial charge in [-0.05, 0) is 51.1 Å². The molecule has 9 nitrogen and oxygen atoms in total. The van der Waals surface area contributed by atoms with Crippen LogP contribution in [0, 0.1) is 29.6 Å². The van der Waals surface area contributed by atoms with Crippen LogP contribution in [-0.4, -0.2) is 55.0 Å². The Morgan fingerprint density at radius 1 is 1.30 bits per heavy atom. The van der Waals surface area contributed by atoms with Crippen molar-refractivity contribution in [3.63, 3.8) is 0 Å². The molecule has 0 aliphatic heterocycles. The molecule has 2 N–H and O–H groups in total. The number of hydrogen-bond acceptors (Lipinski definition) is 7. The van der Waals surface area contributed by atoms with Crippen LogP contribution in [0.2, 0.25) is 0 Å². The molecule has 0 unspecified atom stereocenters. The molecule has 2 amide bonds. The Kier molecular flexibility index (Phi) is 11.1. The van der Waals surface area contributed by atoms with Crippen molar-refractivity contribution < 1.29 is 9.59 Å². The number of nitriles is 1. The molecule has 0 bridgehead atoms. The van der Waals surface area contributed by atoms with Crippen LogP contribution in [0.4, 0.5) is 11.4 Å². The van der Waals surface area contributed by atoms with Gasteiger partial charge in [-0.1, -0.05) is 25.8 Å². The third-order valence-electron chi connectivity index (χ3n) is 5.60. The minimum atomic E-state index is -0.626. The van der Waals surface area contributed by atoms with Crippen LogP contribution in [-0.2, 0) is 16.1 Å². The molecule has 1 aromatic heterocycles. The summed E-state index contributed by atoms with van der Waals surface area (Å²) in [6.45, 7) is 7.51. The first-order valence-corrected chi connectivity index (χ1v) is 12.8. The van der Waals surface area contributed by atoms with Crippen molar-refractivity contribution in [3.8, 4) is 18.4 Å². The fraction of sp³-hybridized carbons (Fsp3) is 0.407. The van der Waals surface area contributed by atoms with E-state index in [-0.39, 0.29) is 28.2 Å². The maximum absolute atomic E-state index is 12.9. The lowest BCUT2D eigenvalue weighted by Gasteiger charge is -2.23. The molecule has 1 heterocycles. The van der Waals surface area contributed by atoms with Crippen LogP contribution in [0.25, 0.3) is 11.8 Å². The first kappa shape index (κ1) is 29.4. The van der Waals surface area contributed by atoms with E-state index >= 15 is 0 Å². The highest BCUT2D eigenvalue weighted by atomic mass is 32.1. The minimum absolute atomic E-state index is 0.0200. The van der Waals surface area contributed by atoms with Gasteiger partial charge in [0.1, 0.15) is 15.3 Å². The van der Waals surface area contributed by atoms with Crippen LogP contribution in [0.15, 0.2) is 29.1 Å². The average molecular weight is 523 g/mol. The van der Waals surface area contributed by atoms with E-state index in [0.29, 0.717) is 34.9 Å². The molecule has 10 heteroatoms. The van der Waals surface area contributed by atoms with Crippen molar-refractivity contribution in [1.29, 1.82) is 5.26 Å². The second kappa shape index (κ2) is 14.0. The summed E-state index contributed by atoms with van der Waals surface area (Å²) in [5.41, 5.74) is 0.905. The van der Waals surface area contributed by atoms with Gasteiger partial charge < -0.3 is 15.5 Å². The van der Waals surface area contributed by atoms with Crippen LogP contribution < -0.4 is 30.3 Å². The molecule has 0 radical (unpaired) electrons. The van der Waals surface area contributed by atoms with Gasteiger partial charge >= 0.3 is 0 Å². The smallest absolute Gasteiger partial charge is 0.270 e. The van der Waals surface area contributed by atoms with Crippen LogP contribution in [0.5, 0.6) is 0 Å². The molecule has 0 aliphatic rings. The third kappa shape index (κ3) is 8.07. The number of carbonyl (C=O) groups excluding carboxylic acids is 2. The maximum Gasteiger partial charge on any atom is 0.270 e. The molecule has 37 heavy (non-hydrogen) atoms. The number of nitrogens with zero attached hydrogens (tertiary/aromatic N) is 4. The molecule has 1 aromatic carbocycles. The summed E-state index contributed by atoms with van der Waals surface area (Å²) in [6.07, 6.45) is 7.74. The molecular formula is C27H34N6O3S. The van der Waals surface area contributed by atoms with Crippen molar-refractivity contribution >= 4 is 46.3 Å². The fourth-order valence-corrected chi connectivity index (χ4v) is 4.49. The van der Waals surface area contributed by atoms with Gasteiger partial charge in [-0.3, -0.25) is 23.9 Å². The molecule has 0 atom stereocenters. The monoisotopic (exact) mass is 522 g/mol. The van der Waals surface area contributed by atoms with Gasteiger partial charge in [0.05, 0.1) is 13.1 Å². The predicted molar refractivity (Wildman–Crippen MR) is 149 cm³/mol. The van der Waals surface area contributed by atoms with Gasteiger partial charge in [-0.2, -0.15) is 5.26 Å². The highest BCUT2D eigenvalue weighted by molar-refractivity contribution is 7.07. The van der Waals surface area contributed by atoms with E-state index in [9.17, 15) is 19.6 Å². The third-order valence-corrected chi connectivity index (χ3v) is 6.73. The Morgan fingerprint density at radius 2 is 2.03 bits per heavy atom. The van der Waals surface area contributed by atoms with E-state index in [1.54, 1.807) is 18.9 Å². The summed E-state index contributed by atoms with van der Waals surface area (Å²) in [5, 5.41) is 15.1. The Balaban J connectivity index is 2.29. The summed E-state index contributed by atoms with van der Waals surface area (Å²) in [5.74, 6) is 2.21. The molecule has 2 rings (SSSR count). The number of amides is 2. The largest absolute Gasteiger partial charge is 0.360 e. The van der Waals surface area contributed by atoms with Gasteiger partial charge in [-0.25, -0.2) is 0 Å². The van der Waals surface area contributed by atoms with Crippen molar-refractivity contribution in [1.82, 2.24) is 14.8 Å². The van der Waals surface area contributed by atoms with Crippen molar-refractivity contribution in [2.45, 2.75) is 33.7 Å². The van der Waals surface area contributed by atoms with Gasteiger partial charge in [0.2, 0.25) is 5.91 Å². The fourth-order valence-electron chi connectivity index (χ4n) is 3.40. The topological polar surface area (TPSA) is 110 Å². The lowest BCUT2D eigenvalue weighted by atomic mass is 10.1. The number of terminal acetylenes is 1. The van der Waals surface area contributed by atoms with E-state index in [2.05, 4.69) is 30.4 Å². The molecule has 2 aromatic rings. The molecule has 0 fully saturated rings. The van der Waals surface area contributed by atoms with E-state index < -0.39 is 5.91 Å². The molecule has 0 aliphatic carbocycles. The SMILES string of the molecule is C#CCNC(=O)C(C#N)=c1sc(=CNc2cccc(N(C)C(=O)CN(C)CCC(C)C)c2)c(=O)n1CC. The lowest BCUT2D eigenvalue weighted by Crippen LogP contribution is -2.37. The van der Waals surface area contributed by atoms with Gasteiger partial charge in [-0.15, -0.1) is 17.8 Å². The Bertz CT molecular complexity index is 1380. The van der Waals surface area contributed by atoms with Crippen LogP contribution in [0.1, 0.15) is 27.2 Å². The quantitative estimate of drug-likeness (QED) is 0.429. The molecular weight excluding hydrogens is 488 g/mol. The summed E-state index contributed by atoms with van der Waals surface area (Å²) < 4.78 is 1.97. The highest BCUT2D eigenvalue weighted by Crippen LogP contribution is 2.19. The number of hydrogen-bond donors (Lipinski definition) is 2. The van der Waals surface area contributed by atoms with Crippen LogP contribution in [0.3, 0.4) is 0 Å². The number of carbonyl (C=O) groups is 2. The minimum Gasteiger partial charge on any atom is -0.360 e. The highest BCUT2D eigenvalue weighted by Gasteiger charge is 2.16. The van der Waals surface area contributed by atoms with Crippen molar-refractivity contribution in [2.75, 3.05) is 43.9 Å². The van der Waals surface area contributed by atoms with E-state index in [1.165, 1.54) is 10.8 Å². The van der Waals surface area contributed by atoms with E-state index in [1.807, 2.05) is 42.3 Å². The number of benzene rings is 1. The number of rotatable bonds is 11. The Labute approximate surface area is 221 Å². The number of aromatic nitrogens is 1. The van der Waals surface area contributed by atoms with Crippen LogP contribution >= 0.6 is 11.3 Å².